The van der Waals surface area contributed by atoms with Crippen LogP contribution in [0.1, 0.15) is 33.3 Å². The van der Waals surface area contributed by atoms with Crippen molar-refractivity contribution in [3.8, 4) is 10.4 Å². The first-order chi connectivity index (χ1) is 9.38. The highest BCUT2D eigenvalue weighted by Gasteiger charge is 2.19. The zero-order valence-corrected chi connectivity index (χ0v) is 13.4. The second-order valence-electron chi connectivity index (χ2n) is 6.26. The maximum absolute atomic E-state index is 13.9. The Morgan fingerprint density at radius 2 is 2.00 bits per heavy atom. The van der Waals surface area contributed by atoms with E-state index in [1.54, 1.807) is 17.4 Å². The van der Waals surface area contributed by atoms with Gasteiger partial charge in [0.1, 0.15) is 5.82 Å². The van der Waals surface area contributed by atoms with Gasteiger partial charge in [-0.1, -0.05) is 32.9 Å². The molecule has 0 fully saturated rings. The molecule has 1 atom stereocenters. The first-order valence-electron chi connectivity index (χ1n) is 6.93. The molecule has 1 N–H and O–H groups in total. The number of thiophene rings is 1. The molecule has 108 valence electrons. The average Bonchev–Trinajstić information content (AvgIpc) is 2.90. The van der Waals surface area contributed by atoms with Crippen LogP contribution >= 0.6 is 11.3 Å². The van der Waals surface area contributed by atoms with E-state index in [0.29, 0.717) is 11.6 Å². The summed E-state index contributed by atoms with van der Waals surface area (Å²) >= 11 is 1.57. The van der Waals surface area contributed by atoms with Crippen LogP contribution in [-0.4, -0.2) is 6.04 Å². The van der Waals surface area contributed by atoms with Gasteiger partial charge < -0.3 is 5.32 Å². The van der Waals surface area contributed by atoms with Crippen LogP contribution in [0.4, 0.5) is 4.39 Å². The van der Waals surface area contributed by atoms with Crippen LogP contribution in [0.2, 0.25) is 0 Å². The summed E-state index contributed by atoms with van der Waals surface area (Å²) in [5, 5.41) is 5.49. The van der Waals surface area contributed by atoms with Crippen LogP contribution in [0.3, 0.4) is 0 Å². The number of rotatable bonds is 4. The first-order valence-corrected chi connectivity index (χ1v) is 7.81. The molecule has 0 bridgehead atoms. The molecule has 2 rings (SSSR count). The molecule has 2 aromatic rings. The Kier molecular flexibility index (Phi) is 4.61. The summed E-state index contributed by atoms with van der Waals surface area (Å²) in [4.78, 5) is 0.980. The van der Waals surface area contributed by atoms with Crippen LogP contribution in [0.5, 0.6) is 0 Å². The third kappa shape index (κ3) is 3.68. The van der Waals surface area contributed by atoms with Crippen LogP contribution in [0, 0.1) is 11.2 Å². The lowest BCUT2D eigenvalue weighted by molar-refractivity contribution is 0.285. The van der Waals surface area contributed by atoms with Crippen molar-refractivity contribution in [2.24, 2.45) is 5.41 Å². The van der Waals surface area contributed by atoms with Crippen LogP contribution in [-0.2, 0) is 6.54 Å². The molecule has 0 aliphatic rings. The predicted octanol–water partition coefficient (Wildman–Crippen LogP) is 5.08. The van der Waals surface area contributed by atoms with E-state index in [1.165, 1.54) is 0 Å². The molecule has 0 spiro atoms. The highest BCUT2D eigenvalue weighted by molar-refractivity contribution is 7.13. The van der Waals surface area contributed by atoms with Gasteiger partial charge in [0.2, 0.25) is 0 Å². The molecule has 20 heavy (non-hydrogen) atoms. The van der Waals surface area contributed by atoms with Crippen LogP contribution in [0.15, 0.2) is 35.7 Å². The maximum Gasteiger partial charge on any atom is 0.131 e. The average molecular weight is 291 g/mol. The van der Waals surface area contributed by atoms with Crippen LogP contribution in [0.25, 0.3) is 10.4 Å². The molecular formula is C17H22FNS. The fourth-order valence-electron chi connectivity index (χ4n) is 1.88. The van der Waals surface area contributed by atoms with Gasteiger partial charge in [0.05, 0.1) is 0 Å². The van der Waals surface area contributed by atoms with E-state index in [0.717, 1.165) is 17.0 Å². The van der Waals surface area contributed by atoms with Gasteiger partial charge in [0.15, 0.2) is 0 Å². The van der Waals surface area contributed by atoms with Gasteiger partial charge in [-0.15, -0.1) is 11.3 Å². The number of halogens is 1. The lowest BCUT2D eigenvalue weighted by atomic mass is 9.88. The predicted molar refractivity (Wildman–Crippen MR) is 85.5 cm³/mol. The molecule has 1 unspecified atom stereocenters. The van der Waals surface area contributed by atoms with E-state index in [1.807, 2.05) is 29.6 Å². The van der Waals surface area contributed by atoms with Crippen molar-refractivity contribution in [2.75, 3.05) is 0 Å². The van der Waals surface area contributed by atoms with Crippen LogP contribution < -0.4 is 5.32 Å². The smallest absolute Gasteiger partial charge is 0.131 e. The Balaban J connectivity index is 2.13. The van der Waals surface area contributed by atoms with Crippen molar-refractivity contribution in [1.82, 2.24) is 5.32 Å². The van der Waals surface area contributed by atoms with Crippen molar-refractivity contribution in [3.05, 3.63) is 47.1 Å². The molecular weight excluding hydrogens is 269 g/mol. The summed E-state index contributed by atoms with van der Waals surface area (Å²) in [5.41, 5.74) is 2.03. The van der Waals surface area contributed by atoms with E-state index in [2.05, 4.69) is 33.0 Å². The maximum atomic E-state index is 13.9. The van der Waals surface area contributed by atoms with E-state index >= 15 is 0 Å². The minimum absolute atomic E-state index is 0.153. The highest BCUT2D eigenvalue weighted by Crippen LogP contribution is 2.28. The summed E-state index contributed by atoms with van der Waals surface area (Å²) < 4.78 is 13.9. The molecule has 0 amide bonds. The molecule has 0 saturated heterocycles. The SMILES string of the molecule is CC(NCc1ccc(F)c(-c2cccs2)c1)C(C)(C)C. The second-order valence-corrected chi connectivity index (χ2v) is 7.21. The van der Waals surface area contributed by atoms with Crippen molar-refractivity contribution in [2.45, 2.75) is 40.3 Å². The molecule has 3 heteroatoms. The Labute approximate surface area is 124 Å². The van der Waals surface area contributed by atoms with Crippen molar-refractivity contribution in [1.29, 1.82) is 0 Å². The Morgan fingerprint density at radius 1 is 1.25 bits per heavy atom. The highest BCUT2D eigenvalue weighted by atomic mass is 32.1. The largest absolute Gasteiger partial charge is 0.310 e. The van der Waals surface area contributed by atoms with Gasteiger partial charge in [0, 0.05) is 23.0 Å². The normalized spacial score (nSPS) is 13.4. The molecule has 0 aliphatic heterocycles. The fraction of sp³-hybridized carbons (Fsp3) is 0.412. The Hall–Kier alpha value is -1.19. The number of benzene rings is 1. The second kappa shape index (κ2) is 6.06. The summed E-state index contributed by atoms with van der Waals surface area (Å²) in [7, 11) is 0. The van der Waals surface area contributed by atoms with Gasteiger partial charge in [0.25, 0.3) is 0 Å². The van der Waals surface area contributed by atoms with E-state index in [-0.39, 0.29) is 11.2 Å². The third-order valence-corrected chi connectivity index (χ3v) is 4.63. The van der Waals surface area contributed by atoms with E-state index in [4.69, 9.17) is 0 Å². The molecule has 1 aromatic carbocycles. The van der Waals surface area contributed by atoms with Crippen molar-refractivity contribution < 1.29 is 4.39 Å². The summed E-state index contributed by atoms with van der Waals surface area (Å²) in [6.45, 7) is 9.59. The molecule has 1 heterocycles. The zero-order chi connectivity index (χ0) is 14.8. The number of nitrogens with one attached hydrogen (secondary N) is 1. The standard InChI is InChI=1S/C17H22FNS/c1-12(17(2,3)4)19-11-13-7-8-15(18)14(10-13)16-6-5-9-20-16/h5-10,12,19H,11H2,1-4H3. The third-order valence-electron chi connectivity index (χ3n) is 3.73. The summed E-state index contributed by atoms with van der Waals surface area (Å²) in [6, 6.07) is 9.67. The summed E-state index contributed by atoms with van der Waals surface area (Å²) in [6.07, 6.45) is 0. The molecule has 0 saturated carbocycles. The first kappa shape index (κ1) is 15.2. The van der Waals surface area contributed by atoms with Gasteiger partial charge in [-0.05, 0) is 41.5 Å². The molecule has 0 radical (unpaired) electrons. The fourth-order valence-corrected chi connectivity index (χ4v) is 2.62. The van der Waals surface area contributed by atoms with Gasteiger partial charge in [-0.3, -0.25) is 0 Å². The summed E-state index contributed by atoms with van der Waals surface area (Å²) in [5.74, 6) is -0.153. The quantitative estimate of drug-likeness (QED) is 0.828. The zero-order valence-electron chi connectivity index (χ0n) is 12.5. The monoisotopic (exact) mass is 291 g/mol. The topological polar surface area (TPSA) is 12.0 Å². The Bertz CT molecular complexity index is 555. The Morgan fingerprint density at radius 3 is 2.60 bits per heavy atom. The lowest BCUT2D eigenvalue weighted by Crippen LogP contribution is -2.37. The minimum Gasteiger partial charge on any atom is -0.310 e. The molecule has 1 aromatic heterocycles. The van der Waals surface area contributed by atoms with E-state index in [9.17, 15) is 4.39 Å². The van der Waals surface area contributed by atoms with Gasteiger partial charge in [-0.2, -0.15) is 0 Å². The number of hydrogen-bond acceptors (Lipinski definition) is 2. The van der Waals surface area contributed by atoms with Gasteiger partial charge in [-0.25, -0.2) is 4.39 Å². The van der Waals surface area contributed by atoms with Crippen molar-refractivity contribution in [3.63, 3.8) is 0 Å². The number of hydrogen-bond donors (Lipinski definition) is 1. The molecule has 1 nitrogen and oxygen atoms in total. The van der Waals surface area contributed by atoms with Crippen molar-refractivity contribution >= 4 is 11.3 Å². The molecule has 0 aliphatic carbocycles. The van der Waals surface area contributed by atoms with Gasteiger partial charge >= 0.3 is 0 Å². The van der Waals surface area contributed by atoms with E-state index < -0.39 is 0 Å². The minimum atomic E-state index is -0.153. The lowest BCUT2D eigenvalue weighted by Gasteiger charge is -2.28.